The van der Waals surface area contributed by atoms with Crippen LogP contribution in [-0.4, -0.2) is 29.9 Å². The molecule has 0 atom stereocenters. The zero-order valence-corrected chi connectivity index (χ0v) is 12.9. The van der Waals surface area contributed by atoms with Gasteiger partial charge in [-0.3, -0.25) is 0 Å². The van der Waals surface area contributed by atoms with E-state index in [9.17, 15) is 0 Å². The van der Waals surface area contributed by atoms with Gasteiger partial charge in [0.15, 0.2) is 0 Å². The fourth-order valence-electron chi connectivity index (χ4n) is 2.65. The monoisotopic (exact) mass is 280 g/mol. The maximum Gasteiger partial charge on any atom is 0.0604 e. The third kappa shape index (κ3) is 4.14. The molecule has 1 aromatic carbocycles. The molecule has 21 heavy (non-hydrogen) atoms. The van der Waals surface area contributed by atoms with E-state index in [-0.39, 0.29) is 0 Å². The van der Waals surface area contributed by atoms with Gasteiger partial charge in [0.05, 0.1) is 5.70 Å². The summed E-state index contributed by atoms with van der Waals surface area (Å²) in [5.41, 5.74) is 6.25. The van der Waals surface area contributed by atoms with Crippen LogP contribution in [0.5, 0.6) is 0 Å². The number of likely N-dealkylation sites (tertiary alicyclic amines) is 1. The quantitative estimate of drug-likeness (QED) is 0.587. The summed E-state index contributed by atoms with van der Waals surface area (Å²) >= 11 is 0. The predicted octanol–water partition coefficient (Wildman–Crippen LogP) is 4.26. The van der Waals surface area contributed by atoms with E-state index in [4.69, 9.17) is 0 Å². The van der Waals surface area contributed by atoms with E-state index in [0.717, 1.165) is 18.7 Å². The van der Waals surface area contributed by atoms with E-state index in [2.05, 4.69) is 54.3 Å². The van der Waals surface area contributed by atoms with Crippen LogP contribution in [0, 0.1) is 0 Å². The predicted molar refractivity (Wildman–Crippen MR) is 90.5 cm³/mol. The maximum atomic E-state index is 4.33. The van der Waals surface area contributed by atoms with Crippen LogP contribution in [0.25, 0.3) is 5.57 Å². The maximum absolute atomic E-state index is 4.33. The number of hydrogen-bond donors (Lipinski definition) is 0. The number of rotatable bonds is 5. The largest absolute Gasteiger partial charge is 0.370 e. The molecule has 2 nitrogen and oxygen atoms in total. The molecule has 0 saturated carbocycles. The van der Waals surface area contributed by atoms with Crippen LogP contribution in [0.3, 0.4) is 0 Å². The molecule has 0 spiro atoms. The molecule has 1 aliphatic heterocycles. The minimum absolute atomic E-state index is 1.07. The fraction of sp³-hybridized carbons (Fsp3) is 0.316. The first-order valence-corrected chi connectivity index (χ1v) is 7.51. The summed E-state index contributed by atoms with van der Waals surface area (Å²) in [6.07, 6.45) is 7.78. The summed E-state index contributed by atoms with van der Waals surface area (Å²) in [5.74, 6) is 0. The Hall–Kier alpha value is -2.18. The Morgan fingerprint density at radius 2 is 1.86 bits per heavy atom. The molecule has 110 valence electrons. The van der Waals surface area contributed by atoms with Crippen molar-refractivity contribution in [3.8, 4) is 0 Å². The van der Waals surface area contributed by atoms with Crippen molar-refractivity contribution in [2.75, 3.05) is 20.1 Å². The van der Waals surface area contributed by atoms with E-state index in [1.54, 1.807) is 0 Å². The van der Waals surface area contributed by atoms with Crippen molar-refractivity contribution in [2.45, 2.75) is 19.3 Å². The number of allylic oxidation sites excluding steroid dienone is 1. The van der Waals surface area contributed by atoms with Gasteiger partial charge in [0.25, 0.3) is 0 Å². The van der Waals surface area contributed by atoms with Crippen molar-refractivity contribution in [3.63, 3.8) is 0 Å². The van der Waals surface area contributed by atoms with Crippen LogP contribution >= 0.6 is 0 Å². The second-order valence-electron chi connectivity index (χ2n) is 5.41. The molecule has 1 aliphatic rings. The molecular formula is C19H24N2. The molecule has 1 saturated heterocycles. The highest BCUT2D eigenvalue weighted by molar-refractivity contribution is 5.76. The van der Waals surface area contributed by atoms with Crippen molar-refractivity contribution in [1.29, 1.82) is 0 Å². The van der Waals surface area contributed by atoms with Gasteiger partial charge >= 0.3 is 0 Å². The molecule has 0 aromatic heterocycles. The molecule has 0 radical (unpaired) electrons. The molecule has 0 aliphatic carbocycles. The minimum atomic E-state index is 1.07. The van der Waals surface area contributed by atoms with Crippen LogP contribution in [0.1, 0.15) is 24.8 Å². The Balaban J connectivity index is 2.30. The van der Waals surface area contributed by atoms with Gasteiger partial charge in [-0.25, -0.2) is 0 Å². The zero-order chi connectivity index (χ0) is 15.1. The molecular weight excluding hydrogens is 256 g/mol. The summed E-state index contributed by atoms with van der Waals surface area (Å²) in [6, 6.07) is 10.4. The number of piperidine rings is 1. The summed E-state index contributed by atoms with van der Waals surface area (Å²) in [5, 5.41) is 0. The van der Waals surface area contributed by atoms with Gasteiger partial charge in [-0.1, -0.05) is 43.5 Å². The number of nitrogens with zero attached hydrogens (tertiary/aromatic N) is 2. The Morgan fingerprint density at radius 3 is 2.48 bits per heavy atom. The van der Waals surface area contributed by atoms with Gasteiger partial charge in [-0.05, 0) is 30.4 Å². The Morgan fingerprint density at radius 1 is 1.19 bits per heavy atom. The third-order valence-corrected chi connectivity index (χ3v) is 3.75. The van der Waals surface area contributed by atoms with Crippen LogP contribution in [-0.2, 0) is 0 Å². The zero-order valence-electron chi connectivity index (χ0n) is 12.9. The fourth-order valence-corrected chi connectivity index (χ4v) is 2.65. The van der Waals surface area contributed by atoms with Crippen LogP contribution in [0.2, 0.25) is 0 Å². The van der Waals surface area contributed by atoms with Gasteiger partial charge in [0.2, 0.25) is 0 Å². The Bertz CT molecular complexity index is 544. The van der Waals surface area contributed by atoms with Crippen LogP contribution in [0.15, 0.2) is 67.3 Å². The van der Waals surface area contributed by atoms with Crippen LogP contribution < -0.4 is 0 Å². The SMILES string of the molecule is C=C=CN(C)/C=C(\C(=C)c1ccccc1)N1CCCCC1. The lowest BCUT2D eigenvalue weighted by Gasteiger charge is -2.33. The second kappa shape index (κ2) is 7.56. The lowest BCUT2D eigenvalue weighted by molar-refractivity contribution is 0.291. The standard InChI is InChI=1S/C19H24N2/c1-4-13-20(3)16-19(21-14-9-6-10-15-21)17(2)18-11-7-5-8-12-18/h5,7-8,11-13,16H,1-2,6,9-10,14-15H2,3H3/b19-16+. The summed E-state index contributed by atoms with van der Waals surface area (Å²) in [6.45, 7) is 10.2. The van der Waals surface area contributed by atoms with E-state index < -0.39 is 0 Å². The summed E-state index contributed by atoms with van der Waals surface area (Å²) in [7, 11) is 2.00. The lowest BCUT2D eigenvalue weighted by atomic mass is 10.0. The highest BCUT2D eigenvalue weighted by Crippen LogP contribution is 2.27. The first-order valence-electron chi connectivity index (χ1n) is 7.51. The average molecular weight is 280 g/mol. The molecule has 1 fully saturated rings. The van der Waals surface area contributed by atoms with E-state index >= 15 is 0 Å². The molecule has 0 N–H and O–H groups in total. The highest BCUT2D eigenvalue weighted by Gasteiger charge is 2.17. The molecule has 2 rings (SSSR count). The highest BCUT2D eigenvalue weighted by atomic mass is 15.2. The van der Waals surface area contributed by atoms with Crippen molar-refractivity contribution >= 4 is 5.57 Å². The first kappa shape index (κ1) is 15.2. The topological polar surface area (TPSA) is 6.48 Å². The number of benzene rings is 1. The Labute approximate surface area is 128 Å². The van der Waals surface area contributed by atoms with E-state index in [1.165, 1.54) is 30.5 Å². The summed E-state index contributed by atoms with van der Waals surface area (Å²) in [4.78, 5) is 4.43. The van der Waals surface area contributed by atoms with Crippen molar-refractivity contribution in [3.05, 3.63) is 72.9 Å². The van der Waals surface area contributed by atoms with Gasteiger partial charge < -0.3 is 9.80 Å². The van der Waals surface area contributed by atoms with Gasteiger partial charge in [-0.2, -0.15) is 0 Å². The first-order chi connectivity index (χ1) is 10.2. The molecule has 1 heterocycles. The van der Waals surface area contributed by atoms with Crippen LogP contribution in [0.4, 0.5) is 0 Å². The third-order valence-electron chi connectivity index (χ3n) is 3.75. The molecule has 1 aromatic rings. The minimum Gasteiger partial charge on any atom is -0.370 e. The normalized spacial score (nSPS) is 15.3. The van der Waals surface area contributed by atoms with Gasteiger partial charge in [0.1, 0.15) is 0 Å². The van der Waals surface area contributed by atoms with Gasteiger partial charge in [-0.15, -0.1) is 5.73 Å². The lowest BCUT2D eigenvalue weighted by Crippen LogP contribution is -2.30. The van der Waals surface area contributed by atoms with E-state index in [1.807, 2.05) is 24.2 Å². The molecule has 0 bridgehead atoms. The average Bonchev–Trinajstić information content (AvgIpc) is 2.54. The summed E-state index contributed by atoms with van der Waals surface area (Å²) < 4.78 is 0. The molecule has 0 amide bonds. The number of hydrogen-bond acceptors (Lipinski definition) is 2. The van der Waals surface area contributed by atoms with Crippen molar-refractivity contribution < 1.29 is 0 Å². The Kier molecular flexibility index (Phi) is 5.48. The smallest absolute Gasteiger partial charge is 0.0604 e. The molecule has 2 heteroatoms. The van der Waals surface area contributed by atoms with Gasteiger partial charge in [0, 0.05) is 32.5 Å². The van der Waals surface area contributed by atoms with Crippen molar-refractivity contribution in [1.82, 2.24) is 9.80 Å². The van der Waals surface area contributed by atoms with E-state index in [0.29, 0.717) is 0 Å². The van der Waals surface area contributed by atoms with Crippen molar-refractivity contribution in [2.24, 2.45) is 0 Å². The second-order valence-corrected chi connectivity index (χ2v) is 5.41. The molecule has 0 unspecified atom stereocenters.